The molecule has 0 radical (unpaired) electrons. The topological polar surface area (TPSA) is 84.9 Å². The Labute approximate surface area is 209 Å². The molecule has 0 heterocycles. The fourth-order valence-corrected chi connectivity index (χ4v) is 4.75. The zero-order valence-corrected chi connectivity index (χ0v) is 20.8. The number of aliphatic carboxylic acids is 1. The van der Waals surface area contributed by atoms with Gasteiger partial charge in [0.05, 0.1) is 35.4 Å². The molecule has 2 N–H and O–H groups in total. The Morgan fingerprint density at radius 3 is 2.03 bits per heavy atom. The van der Waals surface area contributed by atoms with Crippen molar-refractivity contribution in [2.45, 2.75) is 12.5 Å². The van der Waals surface area contributed by atoms with E-state index < -0.39 is 17.9 Å². The molecule has 0 saturated heterocycles. The number of nitrogens with one attached hydrogen (secondary N) is 1. The lowest BCUT2D eigenvalue weighted by Gasteiger charge is -2.17. The van der Waals surface area contributed by atoms with Crippen molar-refractivity contribution >= 4 is 51.0 Å². The van der Waals surface area contributed by atoms with Gasteiger partial charge in [0.25, 0.3) is 5.91 Å². The highest BCUT2D eigenvalue weighted by molar-refractivity contribution is 9.10. The van der Waals surface area contributed by atoms with Crippen LogP contribution in [-0.2, 0) is 11.2 Å². The van der Waals surface area contributed by atoms with Crippen LogP contribution < -0.4 is 14.8 Å². The number of halogens is 3. The van der Waals surface area contributed by atoms with Crippen LogP contribution in [0.5, 0.6) is 11.5 Å². The van der Waals surface area contributed by atoms with Crippen molar-refractivity contribution in [3.8, 4) is 22.6 Å². The number of methoxy groups -OCH3 is 2. The SMILES string of the molecule is COc1cccc(OC)c1-c1ccc(C[C@H](NC(=O)c2c(Cl)cc(Br)cc2Cl)C(=O)O)cc1. The van der Waals surface area contributed by atoms with Crippen molar-refractivity contribution in [3.63, 3.8) is 0 Å². The first kappa shape index (κ1) is 24.9. The van der Waals surface area contributed by atoms with E-state index in [4.69, 9.17) is 32.7 Å². The molecule has 6 nitrogen and oxygen atoms in total. The first-order valence-electron chi connectivity index (χ1n) is 9.73. The Kier molecular flexibility index (Phi) is 8.24. The average molecular weight is 553 g/mol. The average Bonchev–Trinajstić information content (AvgIpc) is 2.77. The molecule has 33 heavy (non-hydrogen) atoms. The van der Waals surface area contributed by atoms with E-state index in [9.17, 15) is 14.7 Å². The van der Waals surface area contributed by atoms with Gasteiger partial charge in [-0.05, 0) is 35.4 Å². The second-order valence-electron chi connectivity index (χ2n) is 7.05. The largest absolute Gasteiger partial charge is 0.496 e. The lowest BCUT2D eigenvalue weighted by atomic mass is 9.99. The Morgan fingerprint density at radius 2 is 1.55 bits per heavy atom. The fourth-order valence-electron chi connectivity index (χ4n) is 3.37. The summed E-state index contributed by atoms with van der Waals surface area (Å²) in [5, 5.41) is 12.4. The van der Waals surface area contributed by atoms with E-state index in [2.05, 4.69) is 21.2 Å². The van der Waals surface area contributed by atoms with Gasteiger partial charge in [-0.1, -0.05) is 69.5 Å². The Balaban J connectivity index is 1.82. The molecule has 0 saturated carbocycles. The highest BCUT2D eigenvalue weighted by Gasteiger charge is 2.24. The quantitative estimate of drug-likeness (QED) is 0.365. The monoisotopic (exact) mass is 551 g/mol. The zero-order chi connectivity index (χ0) is 24.1. The number of hydrogen-bond donors (Lipinski definition) is 2. The van der Waals surface area contributed by atoms with Gasteiger partial charge in [0.1, 0.15) is 17.5 Å². The van der Waals surface area contributed by atoms with Crippen LogP contribution in [0, 0.1) is 0 Å². The van der Waals surface area contributed by atoms with E-state index in [1.807, 2.05) is 30.3 Å². The van der Waals surface area contributed by atoms with E-state index in [0.29, 0.717) is 21.5 Å². The normalized spacial score (nSPS) is 11.5. The van der Waals surface area contributed by atoms with Gasteiger partial charge in [-0.15, -0.1) is 0 Å². The van der Waals surface area contributed by atoms with E-state index >= 15 is 0 Å². The molecule has 172 valence electrons. The van der Waals surface area contributed by atoms with Crippen LogP contribution in [0.15, 0.2) is 59.1 Å². The first-order chi connectivity index (χ1) is 15.7. The van der Waals surface area contributed by atoms with Crippen molar-refractivity contribution in [2.24, 2.45) is 0 Å². The number of hydrogen-bond acceptors (Lipinski definition) is 4. The van der Waals surface area contributed by atoms with Crippen molar-refractivity contribution in [1.82, 2.24) is 5.32 Å². The summed E-state index contributed by atoms with van der Waals surface area (Å²) >= 11 is 15.5. The first-order valence-corrected chi connectivity index (χ1v) is 11.3. The lowest BCUT2D eigenvalue weighted by Crippen LogP contribution is -2.42. The number of ether oxygens (including phenoxy) is 2. The molecule has 0 aromatic heterocycles. The number of rotatable bonds is 8. The maximum absolute atomic E-state index is 12.7. The number of amides is 1. The van der Waals surface area contributed by atoms with Crippen LogP contribution in [0.4, 0.5) is 0 Å². The molecular formula is C24H20BrCl2NO5. The number of carboxylic acid groups (broad SMARTS) is 1. The van der Waals surface area contributed by atoms with Crippen LogP contribution in [0.3, 0.4) is 0 Å². The molecule has 0 aliphatic rings. The maximum atomic E-state index is 12.7. The van der Waals surface area contributed by atoms with Gasteiger partial charge in [0.2, 0.25) is 0 Å². The van der Waals surface area contributed by atoms with Crippen LogP contribution in [0.1, 0.15) is 15.9 Å². The van der Waals surface area contributed by atoms with Crippen LogP contribution in [0.2, 0.25) is 10.0 Å². The summed E-state index contributed by atoms with van der Waals surface area (Å²) in [6.45, 7) is 0. The summed E-state index contributed by atoms with van der Waals surface area (Å²) in [4.78, 5) is 24.5. The summed E-state index contributed by atoms with van der Waals surface area (Å²) < 4.78 is 11.5. The van der Waals surface area contributed by atoms with Gasteiger partial charge >= 0.3 is 5.97 Å². The van der Waals surface area contributed by atoms with Crippen molar-refractivity contribution < 1.29 is 24.2 Å². The van der Waals surface area contributed by atoms with Gasteiger partial charge in [-0.25, -0.2) is 4.79 Å². The molecule has 0 unspecified atom stereocenters. The van der Waals surface area contributed by atoms with Crippen LogP contribution in [0.25, 0.3) is 11.1 Å². The number of carboxylic acids is 1. The Bertz CT molecular complexity index is 1140. The van der Waals surface area contributed by atoms with Crippen LogP contribution in [-0.4, -0.2) is 37.2 Å². The summed E-state index contributed by atoms with van der Waals surface area (Å²) in [7, 11) is 3.16. The fraction of sp³-hybridized carbons (Fsp3) is 0.167. The minimum absolute atomic E-state index is 0.0198. The number of benzene rings is 3. The van der Waals surface area contributed by atoms with E-state index in [1.165, 1.54) is 12.1 Å². The highest BCUT2D eigenvalue weighted by Crippen LogP contribution is 2.38. The molecular weight excluding hydrogens is 533 g/mol. The van der Waals surface area contributed by atoms with Gasteiger partial charge in [-0.2, -0.15) is 0 Å². The molecule has 3 aromatic rings. The third-order valence-corrected chi connectivity index (χ3v) is 6.00. The van der Waals surface area contributed by atoms with E-state index in [0.717, 1.165) is 11.1 Å². The van der Waals surface area contributed by atoms with Crippen molar-refractivity contribution in [3.05, 3.63) is 80.2 Å². The van der Waals surface area contributed by atoms with Gasteiger partial charge < -0.3 is 19.9 Å². The summed E-state index contributed by atoms with van der Waals surface area (Å²) in [5.74, 6) is -0.537. The number of carbonyl (C=O) groups is 2. The minimum Gasteiger partial charge on any atom is -0.496 e. The molecule has 0 bridgehead atoms. The summed E-state index contributed by atoms with van der Waals surface area (Å²) in [5.41, 5.74) is 2.37. The van der Waals surface area contributed by atoms with E-state index in [1.54, 1.807) is 26.4 Å². The Hall–Kier alpha value is -2.74. The maximum Gasteiger partial charge on any atom is 0.326 e. The summed E-state index contributed by atoms with van der Waals surface area (Å²) in [6, 6.07) is 14.6. The second-order valence-corrected chi connectivity index (χ2v) is 8.78. The molecule has 3 rings (SSSR count). The minimum atomic E-state index is -1.18. The lowest BCUT2D eigenvalue weighted by molar-refractivity contribution is -0.139. The third-order valence-electron chi connectivity index (χ3n) is 4.95. The molecule has 0 aliphatic heterocycles. The van der Waals surface area contributed by atoms with E-state index in [-0.39, 0.29) is 22.0 Å². The molecule has 0 spiro atoms. The molecule has 0 aliphatic carbocycles. The third kappa shape index (κ3) is 5.79. The second kappa shape index (κ2) is 10.9. The molecule has 3 aromatic carbocycles. The molecule has 0 fully saturated rings. The molecule has 1 atom stereocenters. The van der Waals surface area contributed by atoms with Crippen LogP contribution >= 0.6 is 39.1 Å². The highest BCUT2D eigenvalue weighted by atomic mass is 79.9. The molecule has 9 heteroatoms. The Morgan fingerprint density at radius 1 is 1.00 bits per heavy atom. The predicted molar refractivity (Wildman–Crippen MR) is 132 cm³/mol. The standard InChI is InChI=1S/C24H20BrCl2NO5/c1-32-19-4-3-5-20(33-2)21(19)14-8-6-13(7-9-14)10-18(24(30)31)28-23(29)22-16(26)11-15(25)12-17(22)27/h3-9,11-12,18H,10H2,1-2H3,(H,28,29)(H,30,31)/t18-/m0/s1. The van der Waals surface area contributed by atoms with Gasteiger partial charge in [0.15, 0.2) is 0 Å². The van der Waals surface area contributed by atoms with Crippen molar-refractivity contribution in [1.29, 1.82) is 0 Å². The smallest absolute Gasteiger partial charge is 0.326 e. The zero-order valence-electron chi connectivity index (χ0n) is 17.7. The van der Waals surface area contributed by atoms with Crippen molar-refractivity contribution in [2.75, 3.05) is 14.2 Å². The van der Waals surface area contributed by atoms with Gasteiger partial charge in [-0.3, -0.25) is 4.79 Å². The summed E-state index contributed by atoms with van der Waals surface area (Å²) in [6.07, 6.45) is 0.0657. The predicted octanol–water partition coefficient (Wildman–Crippen LogP) is 5.87. The van der Waals surface area contributed by atoms with Gasteiger partial charge in [0, 0.05) is 10.9 Å². The number of carbonyl (C=O) groups excluding carboxylic acids is 1. The molecule has 1 amide bonds.